The molecule has 1 heterocycles. The van der Waals surface area contributed by atoms with Gasteiger partial charge in [-0.05, 0) is 44.1 Å². The van der Waals surface area contributed by atoms with Gasteiger partial charge in [0.15, 0.2) is 10.6 Å². The molecule has 1 aromatic heterocycles. The van der Waals surface area contributed by atoms with Gasteiger partial charge in [0.05, 0.1) is 6.04 Å². The Kier molecular flexibility index (Phi) is 5.86. The van der Waals surface area contributed by atoms with Crippen LogP contribution in [0.15, 0.2) is 48.5 Å². The molecule has 0 aliphatic carbocycles. The lowest BCUT2D eigenvalue weighted by Gasteiger charge is -2.17. The van der Waals surface area contributed by atoms with E-state index in [1.165, 1.54) is 11.1 Å². The van der Waals surface area contributed by atoms with E-state index in [1.54, 1.807) is 0 Å². The number of aryl methyl sites for hydroxylation is 2. The summed E-state index contributed by atoms with van der Waals surface area (Å²) in [5.74, 6) is 0.739. The molecule has 6 heteroatoms. The van der Waals surface area contributed by atoms with Crippen LogP contribution in [0, 0.1) is 18.6 Å². The highest BCUT2D eigenvalue weighted by Gasteiger charge is 2.14. The summed E-state index contributed by atoms with van der Waals surface area (Å²) in [6.07, 6.45) is 0.336. The second-order valence-electron chi connectivity index (χ2n) is 6.77. The fourth-order valence-corrected chi connectivity index (χ4v) is 3.35. The molecule has 0 spiro atoms. The summed E-state index contributed by atoms with van der Waals surface area (Å²) in [5.41, 5.74) is 4.46. The van der Waals surface area contributed by atoms with Crippen molar-refractivity contribution in [3.8, 4) is 11.4 Å². The normalized spacial score (nSPS) is 12.0. The number of hydrogen-bond acceptors (Lipinski definition) is 3. The predicted molar refractivity (Wildman–Crippen MR) is 110 cm³/mol. The zero-order valence-corrected chi connectivity index (χ0v) is 16.6. The number of carbonyl (C=O) groups is 1. The van der Waals surface area contributed by atoms with Gasteiger partial charge in [-0.15, -0.1) is 0 Å². The Balaban J connectivity index is 1.67. The molecule has 2 N–H and O–H groups in total. The SMILES string of the molecule is Cc1ccc(-c2n[nH]c(=S)n2CCC(=O)N[C@@H](C)c2ccccc2C)cc1. The Hall–Kier alpha value is -2.73. The average molecular weight is 381 g/mol. The van der Waals surface area contributed by atoms with E-state index < -0.39 is 0 Å². The molecular formula is C21H24N4OS. The molecular weight excluding hydrogens is 356 g/mol. The number of nitrogens with one attached hydrogen (secondary N) is 2. The molecule has 0 fully saturated rings. The maximum absolute atomic E-state index is 12.4. The van der Waals surface area contributed by atoms with Crippen molar-refractivity contribution in [3.63, 3.8) is 0 Å². The minimum Gasteiger partial charge on any atom is -0.350 e. The lowest BCUT2D eigenvalue weighted by molar-refractivity contribution is -0.121. The van der Waals surface area contributed by atoms with Crippen LogP contribution in [0.3, 0.4) is 0 Å². The van der Waals surface area contributed by atoms with Crippen LogP contribution in [-0.2, 0) is 11.3 Å². The first kappa shape index (κ1) is 19.0. The molecule has 3 rings (SSSR count). The monoisotopic (exact) mass is 380 g/mol. The molecule has 0 unspecified atom stereocenters. The van der Waals surface area contributed by atoms with Gasteiger partial charge in [-0.1, -0.05) is 54.1 Å². The highest BCUT2D eigenvalue weighted by atomic mass is 32.1. The summed E-state index contributed by atoms with van der Waals surface area (Å²) in [4.78, 5) is 12.4. The molecule has 0 radical (unpaired) electrons. The molecule has 0 aliphatic rings. The van der Waals surface area contributed by atoms with E-state index >= 15 is 0 Å². The maximum Gasteiger partial charge on any atom is 0.222 e. The molecule has 1 atom stereocenters. The van der Waals surface area contributed by atoms with Crippen molar-refractivity contribution in [3.05, 3.63) is 70.0 Å². The first-order valence-corrected chi connectivity index (χ1v) is 9.43. The van der Waals surface area contributed by atoms with Crippen LogP contribution in [0.5, 0.6) is 0 Å². The van der Waals surface area contributed by atoms with Gasteiger partial charge in [0.1, 0.15) is 0 Å². The van der Waals surface area contributed by atoms with Crippen molar-refractivity contribution >= 4 is 18.1 Å². The minimum atomic E-state index is -0.0346. The van der Waals surface area contributed by atoms with E-state index in [4.69, 9.17) is 12.2 Å². The second kappa shape index (κ2) is 8.31. The second-order valence-corrected chi connectivity index (χ2v) is 7.15. The molecule has 1 amide bonds. The van der Waals surface area contributed by atoms with Crippen molar-refractivity contribution in [1.29, 1.82) is 0 Å². The van der Waals surface area contributed by atoms with Crippen molar-refractivity contribution in [2.24, 2.45) is 0 Å². The molecule has 0 saturated carbocycles. The van der Waals surface area contributed by atoms with E-state index in [-0.39, 0.29) is 11.9 Å². The number of nitrogens with zero attached hydrogens (tertiary/aromatic N) is 2. The number of benzene rings is 2. The zero-order chi connectivity index (χ0) is 19.4. The van der Waals surface area contributed by atoms with Gasteiger partial charge >= 0.3 is 0 Å². The van der Waals surface area contributed by atoms with Gasteiger partial charge in [-0.25, -0.2) is 0 Å². The van der Waals surface area contributed by atoms with E-state index in [1.807, 2.05) is 60.9 Å². The first-order chi connectivity index (χ1) is 13.0. The van der Waals surface area contributed by atoms with Crippen LogP contribution < -0.4 is 5.32 Å². The highest BCUT2D eigenvalue weighted by molar-refractivity contribution is 7.71. The van der Waals surface area contributed by atoms with Crippen LogP contribution in [0.2, 0.25) is 0 Å². The van der Waals surface area contributed by atoms with Crippen LogP contribution >= 0.6 is 12.2 Å². The lowest BCUT2D eigenvalue weighted by Crippen LogP contribution is -2.28. The molecule has 27 heavy (non-hydrogen) atoms. The van der Waals surface area contributed by atoms with Crippen LogP contribution in [0.4, 0.5) is 0 Å². The fraction of sp³-hybridized carbons (Fsp3) is 0.286. The van der Waals surface area contributed by atoms with Crippen molar-refractivity contribution in [2.75, 3.05) is 0 Å². The fourth-order valence-electron chi connectivity index (χ4n) is 3.13. The highest BCUT2D eigenvalue weighted by Crippen LogP contribution is 2.19. The number of aromatic amines is 1. The predicted octanol–water partition coefficient (Wildman–Crippen LogP) is 4.49. The van der Waals surface area contributed by atoms with Gasteiger partial charge in [0.25, 0.3) is 0 Å². The number of aromatic nitrogens is 3. The van der Waals surface area contributed by atoms with Gasteiger partial charge in [0, 0.05) is 18.5 Å². The standard InChI is InChI=1S/C21H24N4OS/c1-14-8-10-17(11-9-14)20-23-24-21(27)25(20)13-12-19(26)22-16(3)18-7-5-4-6-15(18)2/h4-11,16H,12-13H2,1-3H3,(H,22,26)(H,24,27)/t16-/m0/s1. The Labute approximate surface area is 164 Å². The largest absolute Gasteiger partial charge is 0.350 e. The van der Waals surface area contributed by atoms with E-state index in [0.717, 1.165) is 17.0 Å². The van der Waals surface area contributed by atoms with Crippen molar-refractivity contribution < 1.29 is 4.79 Å². The molecule has 0 aliphatic heterocycles. The number of H-pyrrole nitrogens is 1. The van der Waals surface area contributed by atoms with E-state index in [2.05, 4.69) is 28.5 Å². The number of carbonyl (C=O) groups excluding carboxylic acids is 1. The first-order valence-electron chi connectivity index (χ1n) is 9.03. The van der Waals surface area contributed by atoms with E-state index in [9.17, 15) is 4.79 Å². The Morgan fingerprint density at radius 3 is 2.59 bits per heavy atom. The number of amides is 1. The molecule has 0 saturated heterocycles. The number of hydrogen-bond donors (Lipinski definition) is 2. The molecule has 3 aromatic rings. The number of rotatable bonds is 6. The van der Waals surface area contributed by atoms with Crippen molar-refractivity contribution in [2.45, 2.75) is 39.8 Å². The molecule has 140 valence electrons. The van der Waals surface area contributed by atoms with Crippen LogP contribution in [0.1, 0.15) is 36.1 Å². The Morgan fingerprint density at radius 2 is 1.89 bits per heavy atom. The third-order valence-electron chi connectivity index (χ3n) is 4.66. The van der Waals surface area contributed by atoms with Crippen molar-refractivity contribution in [1.82, 2.24) is 20.1 Å². The van der Waals surface area contributed by atoms with E-state index in [0.29, 0.717) is 17.7 Å². The lowest BCUT2D eigenvalue weighted by atomic mass is 10.0. The average Bonchev–Trinajstić information content (AvgIpc) is 3.01. The maximum atomic E-state index is 12.4. The van der Waals surface area contributed by atoms with Crippen LogP contribution in [-0.4, -0.2) is 20.7 Å². The summed E-state index contributed by atoms with van der Waals surface area (Å²) < 4.78 is 2.39. The van der Waals surface area contributed by atoms with Gasteiger partial charge in [-0.2, -0.15) is 5.10 Å². The topological polar surface area (TPSA) is 62.7 Å². The smallest absolute Gasteiger partial charge is 0.222 e. The third kappa shape index (κ3) is 4.52. The summed E-state index contributed by atoms with van der Waals surface area (Å²) in [5, 5.41) is 10.2. The van der Waals surface area contributed by atoms with Gasteiger partial charge < -0.3 is 5.32 Å². The quantitative estimate of drug-likeness (QED) is 0.619. The van der Waals surface area contributed by atoms with Gasteiger partial charge in [-0.3, -0.25) is 14.5 Å². The molecule has 0 bridgehead atoms. The molecule has 5 nitrogen and oxygen atoms in total. The minimum absolute atomic E-state index is 0.0105. The van der Waals surface area contributed by atoms with Gasteiger partial charge in [0.2, 0.25) is 5.91 Å². The summed E-state index contributed by atoms with van der Waals surface area (Å²) >= 11 is 5.35. The Bertz CT molecular complexity index is 988. The van der Waals surface area contributed by atoms with Crippen LogP contribution in [0.25, 0.3) is 11.4 Å². The zero-order valence-electron chi connectivity index (χ0n) is 15.8. The summed E-state index contributed by atoms with van der Waals surface area (Å²) in [6, 6.07) is 16.1. The molecule has 2 aromatic carbocycles. The summed E-state index contributed by atoms with van der Waals surface area (Å²) in [6.45, 7) is 6.57. The summed E-state index contributed by atoms with van der Waals surface area (Å²) in [7, 11) is 0. The Morgan fingerprint density at radius 1 is 1.19 bits per heavy atom. The third-order valence-corrected chi connectivity index (χ3v) is 4.97.